The Labute approximate surface area is 151 Å². The number of likely N-dealkylation sites (N-methyl/N-ethyl adjacent to an activating group) is 1. The summed E-state index contributed by atoms with van der Waals surface area (Å²) in [5.74, 6) is -0.659. The van der Waals surface area contributed by atoms with Crippen molar-refractivity contribution in [1.82, 2.24) is 0 Å². The van der Waals surface area contributed by atoms with Gasteiger partial charge in [-0.05, 0) is 48.0 Å². The van der Waals surface area contributed by atoms with Crippen molar-refractivity contribution in [3.05, 3.63) is 71.5 Å². The Morgan fingerprint density at radius 3 is 2.52 bits per heavy atom. The molecule has 1 N–H and O–H groups in total. The van der Waals surface area contributed by atoms with Gasteiger partial charge in [-0.1, -0.05) is 41.9 Å². The number of nitrogens with zero attached hydrogens (tertiary/aromatic N) is 1. The number of rotatable bonds is 4. The van der Waals surface area contributed by atoms with Crippen molar-refractivity contribution < 1.29 is 9.18 Å². The molecule has 3 rings (SSSR count). The van der Waals surface area contributed by atoms with Crippen LogP contribution in [0.5, 0.6) is 0 Å². The second-order valence-electron chi connectivity index (χ2n) is 5.93. The van der Waals surface area contributed by atoms with Crippen LogP contribution in [-0.4, -0.2) is 19.0 Å². The maximum atomic E-state index is 13.1. The van der Waals surface area contributed by atoms with E-state index in [-0.39, 0.29) is 10.9 Å². The third kappa shape index (κ3) is 3.74. The molecule has 128 valence electrons. The van der Waals surface area contributed by atoms with Crippen LogP contribution in [-0.2, 0) is 4.79 Å². The summed E-state index contributed by atoms with van der Waals surface area (Å²) in [6, 6.07) is 17.6. The smallest absolute Gasteiger partial charge is 0.246 e. The number of carbonyl (C=O) groups excluding carboxylic acids is 1. The van der Waals surface area contributed by atoms with Crippen LogP contribution in [0.2, 0.25) is 5.02 Å². The van der Waals surface area contributed by atoms with Gasteiger partial charge in [0.2, 0.25) is 5.91 Å². The Morgan fingerprint density at radius 2 is 1.80 bits per heavy atom. The molecule has 0 aliphatic heterocycles. The number of fused-ring (bicyclic) bond motifs is 1. The number of hydrogen-bond acceptors (Lipinski definition) is 2. The molecule has 0 saturated heterocycles. The molecule has 0 heterocycles. The molecule has 5 heteroatoms. The van der Waals surface area contributed by atoms with Crippen LogP contribution in [0.25, 0.3) is 10.8 Å². The number of anilines is 2. The van der Waals surface area contributed by atoms with Crippen LogP contribution >= 0.6 is 11.6 Å². The minimum atomic E-state index is -0.440. The Kier molecular flexibility index (Phi) is 4.91. The number of nitrogens with one attached hydrogen (secondary N) is 1. The van der Waals surface area contributed by atoms with Gasteiger partial charge in [-0.25, -0.2) is 4.39 Å². The summed E-state index contributed by atoms with van der Waals surface area (Å²) in [6.07, 6.45) is 0. The van der Waals surface area contributed by atoms with Gasteiger partial charge >= 0.3 is 0 Å². The molecule has 1 atom stereocenters. The summed E-state index contributed by atoms with van der Waals surface area (Å²) in [6.45, 7) is 1.81. The lowest BCUT2D eigenvalue weighted by Gasteiger charge is -2.26. The molecule has 0 saturated carbocycles. The topological polar surface area (TPSA) is 32.3 Å². The van der Waals surface area contributed by atoms with Crippen molar-refractivity contribution in [2.24, 2.45) is 0 Å². The number of halogens is 2. The van der Waals surface area contributed by atoms with E-state index in [1.165, 1.54) is 18.2 Å². The number of amides is 1. The van der Waals surface area contributed by atoms with Crippen LogP contribution in [0.3, 0.4) is 0 Å². The Morgan fingerprint density at radius 1 is 1.08 bits per heavy atom. The predicted molar refractivity (Wildman–Crippen MR) is 102 cm³/mol. The Bertz CT molecular complexity index is 928. The first-order valence-electron chi connectivity index (χ1n) is 7.93. The highest BCUT2D eigenvalue weighted by Crippen LogP contribution is 2.25. The molecule has 0 radical (unpaired) electrons. The molecule has 0 fully saturated rings. The third-order valence-corrected chi connectivity index (χ3v) is 4.60. The zero-order valence-electron chi connectivity index (χ0n) is 14.0. The molecule has 0 unspecified atom stereocenters. The van der Waals surface area contributed by atoms with Crippen LogP contribution in [0.1, 0.15) is 6.92 Å². The summed E-state index contributed by atoms with van der Waals surface area (Å²) in [7, 11) is 1.86. The highest BCUT2D eigenvalue weighted by Gasteiger charge is 2.19. The molecular weight excluding hydrogens is 339 g/mol. The van der Waals surface area contributed by atoms with Crippen LogP contribution in [0.4, 0.5) is 15.8 Å². The van der Waals surface area contributed by atoms with E-state index in [1.54, 1.807) is 0 Å². The fourth-order valence-corrected chi connectivity index (χ4v) is 2.84. The van der Waals surface area contributed by atoms with Crippen molar-refractivity contribution in [1.29, 1.82) is 0 Å². The summed E-state index contributed by atoms with van der Waals surface area (Å²) in [4.78, 5) is 14.4. The number of hydrogen-bond donors (Lipinski definition) is 1. The fraction of sp³-hybridized carbons (Fsp3) is 0.150. The molecule has 25 heavy (non-hydrogen) atoms. The van der Waals surface area contributed by atoms with E-state index in [0.29, 0.717) is 5.69 Å². The maximum Gasteiger partial charge on any atom is 0.246 e. The fourth-order valence-electron chi connectivity index (χ4n) is 2.62. The van der Waals surface area contributed by atoms with Gasteiger partial charge in [0.05, 0.1) is 10.7 Å². The van der Waals surface area contributed by atoms with Gasteiger partial charge in [-0.3, -0.25) is 4.79 Å². The van der Waals surface area contributed by atoms with Crippen LogP contribution in [0, 0.1) is 5.82 Å². The normalized spacial score (nSPS) is 12.0. The summed E-state index contributed by atoms with van der Waals surface area (Å²) in [5.41, 5.74) is 1.33. The standard InChI is InChI=1S/C20H18ClFN2O/c1-13(20(25)23-19-10-8-16(22)12-18(19)21)24(2)17-9-7-14-5-3-4-6-15(14)11-17/h3-13H,1-2H3,(H,23,25)/t13-/m1/s1. The average Bonchev–Trinajstić information content (AvgIpc) is 2.62. The van der Waals surface area contributed by atoms with Crippen LogP contribution < -0.4 is 10.2 Å². The van der Waals surface area contributed by atoms with E-state index in [2.05, 4.69) is 5.32 Å². The minimum Gasteiger partial charge on any atom is -0.363 e. The number of carbonyl (C=O) groups is 1. The predicted octanol–water partition coefficient (Wildman–Crippen LogP) is 5.10. The largest absolute Gasteiger partial charge is 0.363 e. The Hall–Kier alpha value is -2.59. The Balaban J connectivity index is 1.78. The molecule has 3 aromatic carbocycles. The van der Waals surface area contributed by atoms with E-state index in [4.69, 9.17) is 11.6 Å². The zero-order chi connectivity index (χ0) is 18.0. The monoisotopic (exact) mass is 356 g/mol. The minimum absolute atomic E-state index is 0.175. The summed E-state index contributed by atoms with van der Waals surface area (Å²) >= 11 is 5.97. The average molecular weight is 357 g/mol. The van der Waals surface area contributed by atoms with E-state index >= 15 is 0 Å². The second kappa shape index (κ2) is 7.11. The lowest BCUT2D eigenvalue weighted by Crippen LogP contribution is -2.39. The van der Waals surface area contributed by atoms with Gasteiger partial charge in [0.25, 0.3) is 0 Å². The molecule has 0 aliphatic rings. The highest BCUT2D eigenvalue weighted by molar-refractivity contribution is 6.33. The lowest BCUT2D eigenvalue weighted by atomic mass is 10.1. The van der Waals surface area contributed by atoms with E-state index in [9.17, 15) is 9.18 Å². The van der Waals surface area contributed by atoms with Crippen molar-refractivity contribution in [2.75, 3.05) is 17.3 Å². The van der Waals surface area contributed by atoms with Gasteiger partial charge in [-0.15, -0.1) is 0 Å². The van der Waals surface area contributed by atoms with Gasteiger partial charge in [-0.2, -0.15) is 0 Å². The first-order valence-corrected chi connectivity index (χ1v) is 8.31. The first kappa shape index (κ1) is 17.2. The van der Waals surface area contributed by atoms with Crippen molar-refractivity contribution in [2.45, 2.75) is 13.0 Å². The van der Waals surface area contributed by atoms with E-state index < -0.39 is 11.9 Å². The van der Waals surface area contributed by atoms with Crippen LogP contribution in [0.15, 0.2) is 60.7 Å². The lowest BCUT2D eigenvalue weighted by molar-refractivity contribution is -0.117. The molecule has 3 aromatic rings. The van der Waals surface area contributed by atoms with Gasteiger partial charge in [0.1, 0.15) is 11.9 Å². The van der Waals surface area contributed by atoms with Crippen molar-refractivity contribution in [3.63, 3.8) is 0 Å². The van der Waals surface area contributed by atoms with Gasteiger partial charge in [0, 0.05) is 12.7 Å². The summed E-state index contributed by atoms with van der Waals surface area (Å²) in [5, 5.41) is 5.18. The van der Waals surface area contributed by atoms with Gasteiger partial charge in [0.15, 0.2) is 0 Å². The zero-order valence-corrected chi connectivity index (χ0v) is 14.7. The molecule has 0 aromatic heterocycles. The van der Waals surface area contributed by atoms with E-state index in [1.807, 2.05) is 61.3 Å². The summed E-state index contributed by atoms with van der Waals surface area (Å²) < 4.78 is 13.1. The molecule has 0 aliphatic carbocycles. The third-order valence-electron chi connectivity index (χ3n) is 4.29. The highest BCUT2D eigenvalue weighted by atomic mass is 35.5. The first-order chi connectivity index (χ1) is 12.0. The maximum absolute atomic E-state index is 13.1. The van der Waals surface area contributed by atoms with E-state index in [0.717, 1.165) is 16.5 Å². The molecule has 3 nitrogen and oxygen atoms in total. The van der Waals surface area contributed by atoms with Crippen molar-refractivity contribution in [3.8, 4) is 0 Å². The molecule has 0 bridgehead atoms. The quantitative estimate of drug-likeness (QED) is 0.705. The molecule has 1 amide bonds. The van der Waals surface area contributed by atoms with Gasteiger partial charge < -0.3 is 10.2 Å². The molecular formula is C20H18ClFN2O. The SMILES string of the molecule is C[C@H](C(=O)Nc1ccc(F)cc1Cl)N(C)c1ccc2ccccc2c1. The van der Waals surface area contributed by atoms with Crippen molar-refractivity contribution >= 4 is 39.7 Å². The second-order valence-corrected chi connectivity index (χ2v) is 6.34. The molecule has 0 spiro atoms. The number of benzene rings is 3.